The van der Waals surface area contributed by atoms with Crippen LogP contribution in [0.15, 0.2) is 78.9 Å². The molecule has 3 aliphatic carbocycles. The molecule has 1 heterocycles. The minimum atomic E-state index is -0.838. The molecule has 7 rings (SSSR count). The van der Waals surface area contributed by atoms with Gasteiger partial charge >= 0.3 is 5.97 Å². The molecule has 3 aromatic carbocycles. The van der Waals surface area contributed by atoms with E-state index in [9.17, 15) is 14.3 Å². The van der Waals surface area contributed by atoms with E-state index >= 15 is 0 Å². The molecule has 0 spiro atoms. The zero-order valence-electron chi connectivity index (χ0n) is 17.9. The molecule has 32 heavy (non-hydrogen) atoms. The zero-order valence-corrected chi connectivity index (χ0v) is 17.9. The first-order valence-corrected chi connectivity index (χ1v) is 11.4. The van der Waals surface area contributed by atoms with E-state index in [1.165, 1.54) is 28.8 Å². The smallest absolute Gasteiger partial charge is 0.311 e. The number of likely N-dealkylation sites (tertiary alicyclic amines) is 1. The van der Waals surface area contributed by atoms with E-state index < -0.39 is 16.8 Å². The van der Waals surface area contributed by atoms with Crippen LogP contribution >= 0.6 is 0 Å². The molecule has 3 aromatic rings. The van der Waals surface area contributed by atoms with Crippen molar-refractivity contribution in [2.45, 2.75) is 30.7 Å². The molecule has 162 valence electrons. The lowest BCUT2D eigenvalue weighted by Gasteiger charge is -2.59. The predicted molar refractivity (Wildman–Crippen MR) is 121 cm³/mol. The Morgan fingerprint density at radius 1 is 1.00 bits per heavy atom. The van der Waals surface area contributed by atoms with Crippen LogP contribution in [0.1, 0.15) is 41.0 Å². The van der Waals surface area contributed by atoms with Crippen LogP contribution in [-0.2, 0) is 16.8 Å². The molecule has 4 unspecified atom stereocenters. The van der Waals surface area contributed by atoms with Gasteiger partial charge in [0.2, 0.25) is 0 Å². The van der Waals surface area contributed by atoms with Gasteiger partial charge in [0.1, 0.15) is 5.82 Å². The highest BCUT2D eigenvalue weighted by Gasteiger charge is 2.70. The lowest BCUT2D eigenvalue weighted by atomic mass is 9.42. The number of carboxylic acids is 1. The third-order valence-electron chi connectivity index (χ3n) is 8.42. The van der Waals surface area contributed by atoms with Crippen molar-refractivity contribution in [2.24, 2.45) is 11.3 Å². The molecule has 4 atom stereocenters. The van der Waals surface area contributed by atoms with Gasteiger partial charge in [-0.05, 0) is 47.2 Å². The molecule has 3 nitrogen and oxygen atoms in total. The summed E-state index contributed by atoms with van der Waals surface area (Å²) in [7, 11) is 0. The second-order valence-corrected chi connectivity index (χ2v) is 9.71. The molecular formula is C28H26FNO2. The van der Waals surface area contributed by atoms with Crippen LogP contribution in [-0.4, -0.2) is 29.1 Å². The van der Waals surface area contributed by atoms with Gasteiger partial charge in [0.15, 0.2) is 0 Å². The first kappa shape index (κ1) is 19.7. The van der Waals surface area contributed by atoms with Gasteiger partial charge in [-0.2, -0.15) is 0 Å². The number of carboxylic acid groups (broad SMARTS) is 1. The fraction of sp³-hybridized carbons (Fsp3) is 0.321. The van der Waals surface area contributed by atoms with E-state index in [4.69, 9.17) is 0 Å². The number of aliphatic carboxylic acids is 1. The summed E-state index contributed by atoms with van der Waals surface area (Å²) in [5.74, 6) is -1.01. The van der Waals surface area contributed by atoms with Crippen molar-refractivity contribution in [1.29, 1.82) is 0 Å². The largest absolute Gasteiger partial charge is 0.481 e. The summed E-state index contributed by atoms with van der Waals surface area (Å²) in [5.41, 5.74) is 3.40. The van der Waals surface area contributed by atoms with E-state index in [-0.39, 0.29) is 17.7 Å². The lowest BCUT2D eigenvalue weighted by molar-refractivity contribution is -0.157. The van der Waals surface area contributed by atoms with Crippen LogP contribution < -0.4 is 0 Å². The maximum atomic E-state index is 13.9. The molecule has 1 aliphatic heterocycles. The summed E-state index contributed by atoms with van der Waals surface area (Å²) in [6.07, 6.45) is 1.75. The maximum Gasteiger partial charge on any atom is 0.311 e. The van der Waals surface area contributed by atoms with Gasteiger partial charge in [-0.1, -0.05) is 66.7 Å². The van der Waals surface area contributed by atoms with E-state index in [0.717, 1.165) is 31.5 Å². The summed E-state index contributed by atoms with van der Waals surface area (Å²) in [6, 6.07) is 25.5. The third-order valence-corrected chi connectivity index (χ3v) is 8.42. The highest BCUT2D eigenvalue weighted by molar-refractivity contribution is 5.80. The summed E-state index contributed by atoms with van der Waals surface area (Å²) < 4.78 is 13.9. The van der Waals surface area contributed by atoms with Crippen LogP contribution in [0.3, 0.4) is 0 Å². The molecule has 1 saturated carbocycles. The van der Waals surface area contributed by atoms with Crippen molar-refractivity contribution in [3.63, 3.8) is 0 Å². The molecule has 1 saturated heterocycles. The van der Waals surface area contributed by atoms with Crippen molar-refractivity contribution in [3.05, 3.63) is 107 Å². The summed E-state index contributed by atoms with van der Waals surface area (Å²) >= 11 is 0. The second-order valence-electron chi connectivity index (χ2n) is 9.71. The number of rotatable bonds is 4. The van der Waals surface area contributed by atoms with Crippen molar-refractivity contribution in [2.75, 3.05) is 13.1 Å². The molecule has 0 radical (unpaired) electrons. The minimum Gasteiger partial charge on any atom is -0.481 e. The Morgan fingerprint density at radius 2 is 1.72 bits per heavy atom. The highest BCUT2D eigenvalue weighted by atomic mass is 19.1. The van der Waals surface area contributed by atoms with Gasteiger partial charge < -0.3 is 5.11 Å². The van der Waals surface area contributed by atoms with Gasteiger partial charge in [-0.25, -0.2) is 4.39 Å². The number of carbonyl (C=O) groups is 1. The topological polar surface area (TPSA) is 40.5 Å². The first-order valence-electron chi connectivity index (χ1n) is 11.4. The Morgan fingerprint density at radius 3 is 2.47 bits per heavy atom. The number of hydrogen-bond donors (Lipinski definition) is 1. The highest BCUT2D eigenvalue weighted by Crippen LogP contribution is 2.68. The third kappa shape index (κ3) is 2.53. The van der Waals surface area contributed by atoms with Gasteiger partial charge in [-0.15, -0.1) is 0 Å². The molecule has 2 bridgehead atoms. The van der Waals surface area contributed by atoms with Crippen molar-refractivity contribution < 1.29 is 14.3 Å². The molecule has 4 aliphatic rings. The van der Waals surface area contributed by atoms with Crippen molar-refractivity contribution >= 4 is 5.97 Å². The Hall–Kier alpha value is -2.98. The fourth-order valence-corrected chi connectivity index (χ4v) is 7.26. The Balaban J connectivity index is 1.54. The van der Waals surface area contributed by atoms with E-state index in [2.05, 4.69) is 35.2 Å². The average molecular weight is 428 g/mol. The van der Waals surface area contributed by atoms with Crippen LogP contribution in [0.4, 0.5) is 4.39 Å². The van der Waals surface area contributed by atoms with Crippen LogP contribution in [0.25, 0.3) is 0 Å². The monoisotopic (exact) mass is 427 g/mol. The Bertz CT molecular complexity index is 1180. The molecular weight excluding hydrogens is 401 g/mol. The molecule has 2 fully saturated rings. The molecule has 1 N–H and O–H groups in total. The van der Waals surface area contributed by atoms with Crippen LogP contribution in [0, 0.1) is 17.2 Å². The minimum absolute atomic E-state index is 0.00398. The van der Waals surface area contributed by atoms with E-state index in [1.54, 1.807) is 0 Å². The first-order chi connectivity index (χ1) is 15.6. The number of halogens is 1. The van der Waals surface area contributed by atoms with Crippen molar-refractivity contribution in [1.82, 2.24) is 4.90 Å². The number of benzene rings is 3. The molecule has 0 amide bonds. The normalized spacial score (nSPS) is 30.7. The summed E-state index contributed by atoms with van der Waals surface area (Å²) in [6.45, 7) is 2.02. The molecule has 0 aromatic heterocycles. The lowest BCUT2D eigenvalue weighted by Crippen LogP contribution is -2.60. The van der Waals surface area contributed by atoms with E-state index in [0.29, 0.717) is 6.54 Å². The maximum absolute atomic E-state index is 13.9. The van der Waals surface area contributed by atoms with Gasteiger partial charge in [0, 0.05) is 36.9 Å². The summed E-state index contributed by atoms with van der Waals surface area (Å²) in [5, 5.41) is 10.7. The van der Waals surface area contributed by atoms with Crippen LogP contribution in [0.2, 0.25) is 0 Å². The number of hydrogen-bond acceptors (Lipinski definition) is 2. The summed E-state index contributed by atoms with van der Waals surface area (Å²) in [4.78, 5) is 15.4. The average Bonchev–Trinajstić information content (AvgIpc) is 3.22. The standard InChI is InChI=1S/C28H26FNO2/c29-21-12-10-20(11-13-21)27-15-14-24(22-8-4-5-9-23(22)27)28(26(31)32)18-30(17-25(27)28)16-19-6-2-1-3-7-19/h1-13,24-25H,14-18H2,(H,31,32). The van der Waals surface area contributed by atoms with Crippen LogP contribution in [0.5, 0.6) is 0 Å². The van der Waals surface area contributed by atoms with E-state index in [1.807, 2.05) is 36.4 Å². The zero-order chi connectivity index (χ0) is 21.9. The SMILES string of the molecule is O=C(O)C12CN(Cc3ccccc3)CC1C1(c3ccc(F)cc3)CCC2c2ccccc21. The quantitative estimate of drug-likeness (QED) is 0.622. The van der Waals surface area contributed by atoms with Gasteiger partial charge in [0.05, 0.1) is 5.41 Å². The van der Waals surface area contributed by atoms with Crippen molar-refractivity contribution in [3.8, 4) is 0 Å². The van der Waals surface area contributed by atoms with Gasteiger partial charge in [0.25, 0.3) is 0 Å². The second kappa shape index (κ2) is 7.01. The predicted octanol–water partition coefficient (Wildman–Crippen LogP) is 5.21. The number of fused-ring (bicyclic) bond motifs is 1. The number of nitrogens with zero attached hydrogens (tertiary/aromatic N) is 1. The Kier molecular flexibility index (Phi) is 4.31. The molecule has 4 heteroatoms. The fourth-order valence-electron chi connectivity index (χ4n) is 7.26. The Labute approximate surface area is 187 Å². The van der Waals surface area contributed by atoms with Gasteiger partial charge in [-0.3, -0.25) is 9.69 Å².